The SMILES string of the molecule is CC(C)c1cc(CO)cc(N2CCCOCC2)n1. The number of hydrogen-bond acceptors (Lipinski definition) is 4. The summed E-state index contributed by atoms with van der Waals surface area (Å²) in [6, 6.07) is 3.97. The Labute approximate surface area is 109 Å². The van der Waals surface area contributed by atoms with Crippen LogP contribution in [0.3, 0.4) is 0 Å². The van der Waals surface area contributed by atoms with Crippen LogP contribution >= 0.6 is 0 Å². The standard InChI is InChI=1S/C14H22N2O2/c1-11(2)13-8-12(10-17)9-14(15-13)16-4-3-6-18-7-5-16/h8-9,11,17H,3-7,10H2,1-2H3. The van der Waals surface area contributed by atoms with Crippen molar-refractivity contribution in [1.29, 1.82) is 0 Å². The van der Waals surface area contributed by atoms with Crippen LogP contribution in [0.25, 0.3) is 0 Å². The van der Waals surface area contributed by atoms with E-state index >= 15 is 0 Å². The van der Waals surface area contributed by atoms with E-state index in [2.05, 4.69) is 18.7 Å². The monoisotopic (exact) mass is 250 g/mol. The molecule has 0 saturated carbocycles. The average Bonchev–Trinajstić information content (AvgIpc) is 2.67. The fourth-order valence-corrected chi connectivity index (χ4v) is 2.12. The highest BCUT2D eigenvalue weighted by atomic mass is 16.5. The zero-order chi connectivity index (χ0) is 13.0. The van der Waals surface area contributed by atoms with Gasteiger partial charge in [-0.2, -0.15) is 0 Å². The van der Waals surface area contributed by atoms with Gasteiger partial charge in [0, 0.05) is 25.4 Å². The van der Waals surface area contributed by atoms with E-state index in [0.717, 1.165) is 49.8 Å². The number of hydrogen-bond donors (Lipinski definition) is 1. The molecule has 18 heavy (non-hydrogen) atoms. The number of rotatable bonds is 3. The number of pyridine rings is 1. The molecule has 4 nitrogen and oxygen atoms in total. The average molecular weight is 250 g/mol. The van der Waals surface area contributed by atoms with Crippen LogP contribution in [0, 0.1) is 0 Å². The van der Waals surface area contributed by atoms with Crippen molar-refractivity contribution in [3.05, 3.63) is 23.4 Å². The van der Waals surface area contributed by atoms with E-state index in [-0.39, 0.29) is 6.61 Å². The second kappa shape index (κ2) is 6.16. The molecule has 2 rings (SSSR count). The Hall–Kier alpha value is -1.13. The highest BCUT2D eigenvalue weighted by molar-refractivity contribution is 5.43. The van der Waals surface area contributed by atoms with Crippen molar-refractivity contribution < 1.29 is 9.84 Å². The third-order valence-electron chi connectivity index (χ3n) is 3.21. The van der Waals surface area contributed by atoms with Gasteiger partial charge in [0.2, 0.25) is 0 Å². The van der Waals surface area contributed by atoms with Gasteiger partial charge in [0.15, 0.2) is 0 Å². The Balaban J connectivity index is 2.27. The molecule has 0 atom stereocenters. The van der Waals surface area contributed by atoms with E-state index in [9.17, 15) is 5.11 Å². The fraction of sp³-hybridized carbons (Fsp3) is 0.643. The molecule has 1 aromatic rings. The molecule has 0 aromatic carbocycles. The smallest absolute Gasteiger partial charge is 0.129 e. The van der Waals surface area contributed by atoms with Gasteiger partial charge in [-0.25, -0.2) is 4.98 Å². The molecule has 2 heterocycles. The first-order chi connectivity index (χ1) is 8.70. The lowest BCUT2D eigenvalue weighted by atomic mass is 10.1. The summed E-state index contributed by atoms with van der Waals surface area (Å²) in [5, 5.41) is 9.35. The Kier molecular flexibility index (Phi) is 4.55. The molecule has 1 fully saturated rings. The van der Waals surface area contributed by atoms with E-state index in [0.29, 0.717) is 5.92 Å². The van der Waals surface area contributed by atoms with Crippen LogP contribution in [-0.2, 0) is 11.3 Å². The van der Waals surface area contributed by atoms with Gasteiger partial charge in [-0.15, -0.1) is 0 Å². The van der Waals surface area contributed by atoms with Crippen LogP contribution < -0.4 is 4.90 Å². The topological polar surface area (TPSA) is 45.6 Å². The minimum atomic E-state index is 0.0690. The maximum absolute atomic E-state index is 9.35. The molecule has 1 aromatic heterocycles. The molecule has 0 aliphatic carbocycles. The van der Waals surface area contributed by atoms with Gasteiger partial charge in [0.1, 0.15) is 5.82 Å². The third kappa shape index (κ3) is 3.21. The molecule has 1 aliphatic rings. The lowest BCUT2D eigenvalue weighted by Gasteiger charge is -2.22. The molecule has 0 amide bonds. The predicted molar refractivity (Wildman–Crippen MR) is 71.9 cm³/mol. The van der Waals surface area contributed by atoms with Gasteiger partial charge in [-0.05, 0) is 30.0 Å². The normalized spacial score (nSPS) is 17.0. The van der Waals surface area contributed by atoms with E-state index < -0.39 is 0 Å². The summed E-state index contributed by atoms with van der Waals surface area (Å²) in [6.07, 6.45) is 1.03. The van der Waals surface area contributed by atoms with Crippen molar-refractivity contribution >= 4 is 5.82 Å². The van der Waals surface area contributed by atoms with Gasteiger partial charge in [-0.3, -0.25) is 0 Å². The summed E-state index contributed by atoms with van der Waals surface area (Å²) < 4.78 is 5.46. The number of aliphatic hydroxyl groups is 1. The van der Waals surface area contributed by atoms with Crippen molar-refractivity contribution in [2.45, 2.75) is 32.8 Å². The third-order valence-corrected chi connectivity index (χ3v) is 3.21. The Morgan fingerprint density at radius 1 is 1.33 bits per heavy atom. The van der Waals surface area contributed by atoms with Crippen molar-refractivity contribution in [3.63, 3.8) is 0 Å². The van der Waals surface area contributed by atoms with Crippen molar-refractivity contribution in [3.8, 4) is 0 Å². The van der Waals surface area contributed by atoms with Crippen molar-refractivity contribution in [1.82, 2.24) is 4.98 Å². The quantitative estimate of drug-likeness (QED) is 0.890. The predicted octanol–water partition coefficient (Wildman–Crippen LogP) is 1.92. The molecule has 1 aliphatic heterocycles. The zero-order valence-electron chi connectivity index (χ0n) is 11.2. The molecule has 1 saturated heterocycles. The maximum atomic E-state index is 9.35. The lowest BCUT2D eigenvalue weighted by Crippen LogP contribution is -2.27. The van der Waals surface area contributed by atoms with E-state index in [1.165, 1.54) is 0 Å². The second-order valence-corrected chi connectivity index (χ2v) is 5.02. The molecule has 0 bridgehead atoms. The Morgan fingerprint density at radius 3 is 2.89 bits per heavy atom. The van der Waals surface area contributed by atoms with Crippen LogP contribution in [0.1, 0.15) is 37.4 Å². The minimum absolute atomic E-state index is 0.0690. The van der Waals surface area contributed by atoms with Crippen LogP contribution in [0.4, 0.5) is 5.82 Å². The van der Waals surface area contributed by atoms with Gasteiger partial charge in [0.25, 0.3) is 0 Å². The Bertz CT molecular complexity index is 385. The van der Waals surface area contributed by atoms with Gasteiger partial charge < -0.3 is 14.7 Å². The largest absolute Gasteiger partial charge is 0.392 e. The summed E-state index contributed by atoms with van der Waals surface area (Å²) in [4.78, 5) is 6.95. The molecule has 100 valence electrons. The van der Waals surface area contributed by atoms with Crippen molar-refractivity contribution in [2.24, 2.45) is 0 Å². The molecule has 1 N–H and O–H groups in total. The van der Waals surface area contributed by atoms with E-state index in [4.69, 9.17) is 9.72 Å². The summed E-state index contributed by atoms with van der Waals surface area (Å²) in [5.74, 6) is 1.34. The van der Waals surface area contributed by atoms with Gasteiger partial charge in [-0.1, -0.05) is 13.8 Å². The summed E-state index contributed by atoms with van der Waals surface area (Å²) in [6.45, 7) is 7.74. The number of aromatic nitrogens is 1. The molecule has 0 radical (unpaired) electrons. The lowest BCUT2D eigenvalue weighted by molar-refractivity contribution is 0.152. The Morgan fingerprint density at radius 2 is 2.17 bits per heavy atom. The molecular formula is C14H22N2O2. The van der Waals surface area contributed by atoms with Crippen LogP contribution in [0.15, 0.2) is 12.1 Å². The number of nitrogens with zero attached hydrogens (tertiary/aromatic N) is 2. The minimum Gasteiger partial charge on any atom is -0.392 e. The first-order valence-electron chi connectivity index (χ1n) is 6.65. The van der Waals surface area contributed by atoms with E-state index in [1.807, 2.05) is 12.1 Å². The summed E-state index contributed by atoms with van der Waals surface area (Å²) >= 11 is 0. The molecule has 0 unspecified atom stereocenters. The van der Waals surface area contributed by atoms with Crippen LogP contribution in [0.2, 0.25) is 0 Å². The second-order valence-electron chi connectivity index (χ2n) is 5.02. The number of ether oxygens (including phenoxy) is 1. The van der Waals surface area contributed by atoms with Crippen LogP contribution in [0.5, 0.6) is 0 Å². The molecule has 0 spiro atoms. The highest BCUT2D eigenvalue weighted by Gasteiger charge is 2.14. The maximum Gasteiger partial charge on any atom is 0.129 e. The summed E-state index contributed by atoms with van der Waals surface area (Å²) in [5.41, 5.74) is 1.98. The summed E-state index contributed by atoms with van der Waals surface area (Å²) in [7, 11) is 0. The first kappa shape index (κ1) is 13.3. The fourth-order valence-electron chi connectivity index (χ4n) is 2.12. The number of anilines is 1. The molecular weight excluding hydrogens is 228 g/mol. The zero-order valence-corrected chi connectivity index (χ0v) is 11.2. The highest BCUT2D eigenvalue weighted by Crippen LogP contribution is 2.21. The van der Waals surface area contributed by atoms with Crippen molar-refractivity contribution in [2.75, 3.05) is 31.2 Å². The number of aliphatic hydroxyl groups excluding tert-OH is 1. The first-order valence-corrected chi connectivity index (χ1v) is 6.65. The molecule has 4 heteroatoms. The van der Waals surface area contributed by atoms with Gasteiger partial charge >= 0.3 is 0 Å². The van der Waals surface area contributed by atoms with E-state index in [1.54, 1.807) is 0 Å². The van der Waals surface area contributed by atoms with Crippen LogP contribution in [-0.4, -0.2) is 36.4 Å². The van der Waals surface area contributed by atoms with Gasteiger partial charge in [0.05, 0.1) is 13.2 Å².